The van der Waals surface area contributed by atoms with E-state index in [9.17, 15) is 9.59 Å². The summed E-state index contributed by atoms with van der Waals surface area (Å²) in [7, 11) is 0. The van der Waals surface area contributed by atoms with Gasteiger partial charge in [-0.1, -0.05) is 6.07 Å². The highest BCUT2D eigenvalue weighted by Gasteiger charge is 2.26. The highest BCUT2D eigenvalue weighted by molar-refractivity contribution is 5.97. The molecule has 126 valence electrons. The fourth-order valence-corrected chi connectivity index (χ4v) is 2.71. The Morgan fingerprint density at radius 1 is 1.21 bits per heavy atom. The number of hydrogen-bond acceptors (Lipinski definition) is 5. The maximum Gasteiger partial charge on any atom is 0.255 e. The molecule has 7 nitrogen and oxygen atoms in total. The lowest BCUT2D eigenvalue weighted by atomic mass is 10.2. The monoisotopic (exact) mass is 328 g/mol. The number of amides is 2. The Bertz CT molecular complexity index is 679. The predicted molar refractivity (Wildman–Crippen MR) is 88.7 cm³/mol. The molecule has 24 heavy (non-hydrogen) atoms. The van der Waals surface area contributed by atoms with Crippen LogP contribution in [0.3, 0.4) is 0 Å². The molecule has 1 aliphatic heterocycles. The fourth-order valence-electron chi connectivity index (χ4n) is 2.71. The van der Waals surface area contributed by atoms with Crippen molar-refractivity contribution in [1.82, 2.24) is 15.2 Å². The standard InChI is InChI=1S/C17H20N4O3/c1-13(19-16(22)14-5-11-24-12-14)17(23)21-9-7-20(8-10-21)15-4-2-3-6-18-15/h2-6,11-13H,7-10H2,1H3,(H,19,22). The van der Waals surface area contributed by atoms with E-state index in [1.54, 1.807) is 24.1 Å². The number of nitrogens with one attached hydrogen (secondary N) is 1. The van der Waals surface area contributed by atoms with Gasteiger partial charge in [0.25, 0.3) is 5.91 Å². The smallest absolute Gasteiger partial charge is 0.255 e. The SMILES string of the molecule is CC(NC(=O)c1ccoc1)C(=O)N1CCN(c2ccccn2)CC1. The first kappa shape index (κ1) is 16.0. The van der Waals surface area contributed by atoms with Crippen LogP contribution in [0.2, 0.25) is 0 Å². The second kappa shape index (κ2) is 7.16. The average molecular weight is 328 g/mol. The molecule has 1 saturated heterocycles. The summed E-state index contributed by atoms with van der Waals surface area (Å²) in [6, 6.07) is 6.79. The van der Waals surface area contributed by atoms with Gasteiger partial charge in [-0.25, -0.2) is 4.98 Å². The van der Waals surface area contributed by atoms with Crippen LogP contribution in [-0.2, 0) is 4.79 Å². The van der Waals surface area contributed by atoms with Gasteiger partial charge in [-0.2, -0.15) is 0 Å². The molecule has 1 N–H and O–H groups in total. The van der Waals surface area contributed by atoms with Gasteiger partial charge in [-0.3, -0.25) is 9.59 Å². The van der Waals surface area contributed by atoms with Gasteiger partial charge in [0.05, 0.1) is 11.8 Å². The Kier molecular flexibility index (Phi) is 4.79. The summed E-state index contributed by atoms with van der Waals surface area (Å²) in [6.07, 6.45) is 4.55. The first-order valence-corrected chi connectivity index (χ1v) is 7.93. The largest absolute Gasteiger partial charge is 0.472 e. The van der Waals surface area contributed by atoms with E-state index >= 15 is 0 Å². The van der Waals surface area contributed by atoms with Crippen LogP contribution in [0, 0.1) is 0 Å². The number of anilines is 1. The zero-order chi connectivity index (χ0) is 16.9. The minimum atomic E-state index is -0.575. The second-order valence-electron chi connectivity index (χ2n) is 5.71. The normalized spacial score (nSPS) is 15.9. The van der Waals surface area contributed by atoms with Crippen LogP contribution in [0.1, 0.15) is 17.3 Å². The first-order valence-electron chi connectivity index (χ1n) is 7.93. The zero-order valence-electron chi connectivity index (χ0n) is 13.5. The second-order valence-corrected chi connectivity index (χ2v) is 5.71. The van der Waals surface area contributed by atoms with Gasteiger partial charge in [-0.15, -0.1) is 0 Å². The molecule has 7 heteroatoms. The summed E-state index contributed by atoms with van der Waals surface area (Å²) in [4.78, 5) is 32.7. The Morgan fingerprint density at radius 2 is 2.00 bits per heavy atom. The highest BCUT2D eigenvalue weighted by atomic mass is 16.3. The van der Waals surface area contributed by atoms with Crippen molar-refractivity contribution in [3.63, 3.8) is 0 Å². The van der Waals surface area contributed by atoms with Crippen molar-refractivity contribution in [3.05, 3.63) is 48.6 Å². The number of furan rings is 1. The third-order valence-corrected chi connectivity index (χ3v) is 4.07. The van der Waals surface area contributed by atoms with Crippen LogP contribution in [0.4, 0.5) is 5.82 Å². The Labute approximate surface area is 140 Å². The maximum absolute atomic E-state index is 12.5. The molecule has 0 aliphatic carbocycles. The molecule has 2 aromatic rings. The highest BCUT2D eigenvalue weighted by Crippen LogP contribution is 2.13. The minimum Gasteiger partial charge on any atom is -0.472 e. The van der Waals surface area contributed by atoms with Gasteiger partial charge in [0.15, 0.2) is 0 Å². The Balaban J connectivity index is 1.52. The van der Waals surface area contributed by atoms with E-state index in [0.29, 0.717) is 18.7 Å². The zero-order valence-corrected chi connectivity index (χ0v) is 13.5. The number of aromatic nitrogens is 1. The van der Waals surface area contributed by atoms with Crippen molar-refractivity contribution in [2.24, 2.45) is 0 Å². The van der Waals surface area contributed by atoms with Crippen molar-refractivity contribution in [3.8, 4) is 0 Å². The van der Waals surface area contributed by atoms with Gasteiger partial charge < -0.3 is 19.5 Å². The first-order chi connectivity index (χ1) is 11.6. The predicted octanol–water partition coefficient (Wildman–Crippen LogP) is 1.14. The van der Waals surface area contributed by atoms with Crippen molar-refractivity contribution in [2.45, 2.75) is 13.0 Å². The molecule has 1 unspecified atom stereocenters. The molecule has 1 aliphatic rings. The number of hydrogen-bond donors (Lipinski definition) is 1. The molecular weight excluding hydrogens is 308 g/mol. The number of carbonyl (C=O) groups excluding carboxylic acids is 2. The number of rotatable bonds is 4. The van der Waals surface area contributed by atoms with Crippen LogP contribution in [0.15, 0.2) is 47.4 Å². The quantitative estimate of drug-likeness (QED) is 0.910. The van der Waals surface area contributed by atoms with E-state index in [-0.39, 0.29) is 11.8 Å². The molecule has 3 rings (SSSR count). The van der Waals surface area contributed by atoms with Crippen molar-refractivity contribution < 1.29 is 14.0 Å². The number of nitrogens with zero attached hydrogens (tertiary/aromatic N) is 3. The van der Waals surface area contributed by atoms with Crippen LogP contribution < -0.4 is 10.2 Å². The fraction of sp³-hybridized carbons (Fsp3) is 0.353. The lowest BCUT2D eigenvalue weighted by molar-refractivity contribution is -0.133. The maximum atomic E-state index is 12.5. The minimum absolute atomic E-state index is 0.0764. The van der Waals surface area contributed by atoms with Crippen molar-refractivity contribution in [1.29, 1.82) is 0 Å². The van der Waals surface area contributed by atoms with E-state index < -0.39 is 6.04 Å². The van der Waals surface area contributed by atoms with Crippen molar-refractivity contribution >= 4 is 17.6 Å². The number of carbonyl (C=O) groups is 2. The molecule has 1 atom stereocenters. The van der Waals surface area contributed by atoms with Gasteiger partial charge in [0, 0.05) is 32.4 Å². The summed E-state index contributed by atoms with van der Waals surface area (Å²) >= 11 is 0. The van der Waals surface area contributed by atoms with Gasteiger partial charge in [0.1, 0.15) is 18.1 Å². The average Bonchev–Trinajstić information content (AvgIpc) is 3.17. The summed E-state index contributed by atoms with van der Waals surface area (Å²) in [5, 5.41) is 2.71. The third kappa shape index (κ3) is 3.56. The molecule has 0 saturated carbocycles. The topological polar surface area (TPSA) is 78.7 Å². The molecule has 0 spiro atoms. The molecule has 2 amide bonds. The lowest BCUT2D eigenvalue weighted by Gasteiger charge is -2.36. The van der Waals surface area contributed by atoms with Crippen LogP contribution >= 0.6 is 0 Å². The van der Waals surface area contributed by atoms with Crippen LogP contribution in [-0.4, -0.2) is 53.9 Å². The van der Waals surface area contributed by atoms with Crippen LogP contribution in [0.5, 0.6) is 0 Å². The molecule has 1 fully saturated rings. The Hall–Kier alpha value is -2.83. The van der Waals surface area contributed by atoms with Gasteiger partial charge in [0.2, 0.25) is 5.91 Å². The third-order valence-electron chi connectivity index (χ3n) is 4.07. The molecule has 0 aromatic carbocycles. The van der Waals surface area contributed by atoms with Crippen LogP contribution in [0.25, 0.3) is 0 Å². The van der Waals surface area contributed by atoms with Crippen molar-refractivity contribution in [2.75, 3.05) is 31.1 Å². The lowest BCUT2D eigenvalue weighted by Crippen LogP contribution is -2.54. The number of pyridine rings is 1. The van der Waals surface area contributed by atoms with E-state index in [4.69, 9.17) is 4.42 Å². The molecule has 0 bridgehead atoms. The number of piperazine rings is 1. The van der Waals surface area contributed by atoms with Gasteiger partial charge >= 0.3 is 0 Å². The molecule has 3 heterocycles. The van der Waals surface area contributed by atoms with E-state index in [0.717, 1.165) is 18.9 Å². The molecule has 0 radical (unpaired) electrons. The van der Waals surface area contributed by atoms with E-state index in [2.05, 4.69) is 15.2 Å². The summed E-state index contributed by atoms with van der Waals surface area (Å²) in [5.74, 6) is 0.537. The molecule has 2 aromatic heterocycles. The summed E-state index contributed by atoms with van der Waals surface area (Å²) < 4.78 is 4.88. The van der Waals surface area contributed by atoms with E-state index in [1.165, 1.54) is 12.5 Å². The summed E-state index contributed by atoms with van der Waals surface area (Å²) in [6.45, 7) is 4.38. The Morgan fingerprint density at radius 3 is 2.62 bits per heavy atom. The van der Waals surface area contributed by atoms with E-state index in [1.807, 2.05) is 18.2 Å². The molecular formula is C17H20N4O3. The van der Waals surface area contributed by atoms with Gasteiger partial charge in [-0.05, 0) is 25.1 Å². The summed E-state index contributed by atoms with van der Waals surface area (Å²) in [5.41, 5.74) is 0.412.